The lowest BCUT2D eigenvalue weighted by atomic mass is 10.0. The van der Waals surface area contributed by atoms with E-state index in [9.17, 15) is 4.79 Å². The Morgan fingerprint density at radius 2 is 2.17 bits per heavy atom. The third-order valence-corrected chi connectivity index (χ3v) is 3.82. The summed E-state index contributed by atoms with van der Waals surface area (Å²) in [4.78, 5) is 16.8. The molecule has 0 saturated carbocycles. The van der Waals surface area contributed by atoms with Gasteiger partial charge in [-0.25, -0.2) is 4.79 Å². The van der Waals surface area contributed by atoms with E-state index in [-0.39, 0.29) is 5.97 Å². The summed E-state index contributed by atoms with van der Waals surface area (Å²) in [6.45, 7) is 6.63. The third-order valence-electron chi connectivity index (χ3n) is 3.82. The van der Waals surface area contributed by atoms with E-state index in [1.807, 2.05) is 32.0 Å². The first kappa shape index (κ1) is 16.1. The minimum Gasteiger partial charge on any atom is -0.467 e. The molecule has 1 N–H and O–H groups in total. The quantitative estimate of drug-likeness (QED) is 0.711. The molecule has 124 valence electrons. The van der Waals surface area contributed by atoms with Gasteiger partial charge in [0.05, 0.1) is 30.6 Å². The Bertz CT molecular complexity index is 870. The van der Waals surface area contributed by atoms with Crippen molar-refractivity contribution in [3.63, 3.8) is 0 Å². The molecule has 5 heteroatoms. The summed E-state index contributed by atoms with van der Waals surface area (Å²) in [5.41, 5.74) is 4.21. The van der Waals surface area contributed by atoms with Crippen molar-refractivity contribution in [1.29, 1.82) is 0 Å². The monoisotopic (exact) mass is 324 g/mol. The summed E-state index contributed by atoms with van der Waals surface area (Å²) in [5, 5.41) is 4.22. The lowest BCUT2D eigenvalue weighted by molar-refractivity contribution is 0.0527. The van der Waals surface area contributed by atoms with Crippen LogP contribution in [0.5, 0.6) is 0 Å². The summed E-state index contributed by atoms with van der Waals surface area (Å²) in [6, 6.07) is 7.83. The number of anilines is 1. The summed E-state index contributed by atoms with van der Waals surface area (Å²) >= 11 is 0. The minimum absolute atomic E-state index is 0.321. The van der Waals surface area contributed by atoms with Crippen molar-refractivity contribution in [3.05, 3.63) is 59.2 Å². The third kappa shape index (κ3) is 3.11. The predicted molar refractivity (Wildman–Crippen MR) is 93.2 cm³/mol. The molecule has 0 aliphatic carbocycles. The fourth-order valence-electron chi connectivity index (χ4n) is 2.80. The Hall–Kier alpha value is -2.82. The number of nitrogens with one attached hydrogen (secondary N) is 1. The zero-order chi connectivity index (χ0) is 17.1. The van der Waals surface area contributed by atoms with Crippen molar-refractivity contribution >= 4 is 22.6 Å². The predicted octanol–water partition coefficient (Wildman–Crippen LogP) is 4.23. The lowest BCUT2D eigenvalue weighted by Gasteiger charge is -2.15. The van der Waals surface area contributed by atoms with Crippen molar-refractivity contribution in [1.82, 2.24) is 4.98 Å². The molecule has 0 bridgehead atoms. The van der Waals surface area contributed by atoms with E-state index >= 15 is 0 Å². The number of carbonyl (C=O) groups is 1. The van der Waals surface area contributed by atoms with Crippen LogP contribution >= 0.6 is 0 Å². The maximum atomic E-state index is 12.3. The molecule has 24 heavy (non-hydrogen) atoms. The first-order valence-electron chi connectivity index (χ1n) is 7.93. The summed E-state index contributed by atoms with van der Waals surface area (Å²) in [7, 11) is 0. The van der Waals surface area contributed by atoms with Gasteiger partial charge in [0.15, 0.2) is 0 Å². The van der Waals surface area contributed by atoms with Crippen molar-refractivity contribution in [3.8, 4) is 0 Å². The SMILES string of the molecule is CCOC(=O)c1cnc2c(C)cc(C)cc2c1NCc1ccco1. The second-order valence-electron chi connectivity index (χ2n) is 5.68. The molecule has 1 aromatic carbocycles. The van der Waals surface area contributed by atoms with E-state index in [1.54, 1.807) is 19.4 Å². The molecule has 0 unspecified atom stereocenters. The van der Waals surface area contributed by atoms with E-state index in [0.29, 0.717) is 18.7 Å². The lowest BCUT2D eigenvalue weighted by Crippen LogP contribution is -2.11. The van der Waals surface area contributed by atoms with Gasteiger partial charge in [-0.05, 0) is 44.5 Å². The Morgan fingerprint density at radius 3 is 2.88 bits per heavy atom. The molecule has 0 amide bonds. The number of benzene rings is 1. The molecule has 0 fully saturated rings. The maximum absolute atomic E-state index is 12.3. The van der Waals surface area contributed by atoms with Crippen LogP contribution in [0.3, 0.4) is 0 Å². The zero-order valence-corrected chi connectivity index (χ0v) is 14.1. The van der Waals surface area contributed by atoms with Crippen LogP contribution in [0, 0.1) is 13.8 Å². The van der Waals surface area contributed by atoms with E-state index in [4.69, 9.17) is 9.15 Å². The molecule has 2 heterocycles. The van der Waals surface area contributed by atoms with E-state index in [2.05, 4.69) is 16.4 Å². The number of ether oxygens (including phenoxy) is 1. The molecule has 0 atom stereocenters. The standard InChI is InChI=1S/C19H20N2O3/c1-4-23-19(22)16-11-21-17-13(3)8-12(2)9-15(17)18(16)20-10-14-6-5-7-24-14/h5-9,11H,4,10H2,1-3H3,(H,20,21). The second kappa shape index (κ2) is 6.74. The smallest absolute Gasteiger partial charge is 0.341 e. The largest absolute Gasteiger partial charge is 0.467 e. The Morgan fingerprint density at radius 1 is 1.33 bits per heavy atom. The molecule has 0 saturated heterocycles. The number of hydrogen-bond donors (Lipinski definition) is 1. The number of esters is 1. The van der Waals surface area contributed by atoms with Crippen molar-refractivity contribution in [2.75, 3.05) is 11.9 Å². The summed E-state index contributed by atoms with van der Waals surface area (Å²) < 4.78 is 10.5. The van der Waals surface area contributed by atoms with Gasteiger partial charge in [-0.3, -0.25) is 4.98 Å². The Labute approximate surface area is 140 Å². The summed E-state index contributed by atoms with van der Waals surface area (Å²) in [6.07, 6.45) is 3.20. The Balaban J connectivity index is 2.11. The number of fused-ring (bicyclic) bond motifs is 1. The highest BCUT2D eigenvalue weighted by Crippen LogP contribution is 2.30. The minimum atomic E-state index is -0.381. The van der Waals surface area contributed by atoms with Crippen molar-refractivity contribution < 1.29 is 13.9 Å². The van der Waals surface area contributed by atoms with Gasteiger partial charge in [0.2, 0.25) is 0 Å². The van der Waals surface area contributed by atoms with Crippen LogP contribution < -0.4 is 5.32 Å². The maximum Gasteiger partial charge on any atom is 0.341 e. The van der Waals surface area contributed by atoms with Gasteiger partial charge in [-0.2, -0.15) is 0 Å². The van der Waals surface area contributed by atoms with Gasteiger partial charge in [0, 0.05) is 11.6 Å². The molecule has 3 rings (SSSR count). The molecule has 0 aliphatic rings. The molecule has 5 nitrogen and oxygen atoms in total. The van der Waals surface area contributed by atoms with Gasteiger partial charge < -0.3 is 14.5 Å². The molecular formula is C19H20N2O3. The van der Waals surface area contributed by atoms with Crippen LogP contribution in [-0.2, 0) is 11.3 Å². The normalized spacial score (nSPS) is 10.8. The van der Waals surface area contributed by atoms with E-state index in [1.165, 1.54) is 0 Å². The van der Waals surface area contributed by atoms with Gasteiger partial charge in [0.1, 0.15) is 11.3 Å². The first-order valence-corrected chi connectivity index (χ1v) is 7.93. The summed E-state index contributed by atoms with van der Waals surface area (Å²) in [5.74, 6) is 0.409. The highest BCUT2D eigenvalue weighted by Gasteiger charge is 2.18. The zero-order valence-electron chi connectivity index (χ0n) is 14.1. The number of carbonyl (C=O) groups excluding carboxylic acids is 1. The molecule has 3 aromatic rings. The van der Waals surface area contributed by atoms with Crippen LogP contribution in [0.25, 0.3) is 10.9 Å². The Kier molecular flexibility index (Phi) is 4.51. The number of furan rings is 1. The second-order valence-corrected chi connectivity index (χ2v) is 5.68. The average molecular weight is 324 g/mol. The average Bonchev–Trinajstić information content (AvgIpc) is 3.06. The molecule has 0 spiro atoms. The molecule has 2 aromatic heterocycles. The topological polar surface area (TPSA) is 64.4 Å². The van der Waals surface area contributed by atoms with Gasteiger partial charge in [0.25, 0.3) is 0 Å². The first-order chi connectivity index (χ1) is 11.6. The van der Waals surface area contributed by atoms with Crippen molar-refractivity contribution in [2.24, 2.45) is 0 Å². The van der Waals surface area contributed by atoms with Crippen LogP contribution in [0.4, 0.5) is 5.69 Å². The van der Waals surface area contributed by atoms with Crippen LogP contribution in [-0.4, -0.2) is 17.6 Å². The fourth-order valence-corrected chi connectivity index (χ4v) is 2.80. The van der Waals surface area contributed by atoms with Crippen LogP contribution in [0.1, 0.15) is 34.2 Å². The van der Waals surface area contributed by atoms with E-state index < -0.39 is 0 Å². The van der Waals surface area contributed by atoms with Crippen LogP contribution in [0.2, 0.25) is 0 Å². The highest BCUT2D eigenvalue weighted by atomic mass is 16.5. The van der Waals surface area contributed by atoms with E-state index in [0.717, 1.165) is 33.5 Å². The number of rotatable bonds is 5. The molecule has 0 aliphatic heterocycles. The number of hydrogen-bond acceptors (Lipinski definition) is 5. The van der Waals surface area contributed by atoms with Crippen molar-refractivity contribution in [2.45, 2.75) is 27.3 Å². The van der Waals surface area contributed by atoms with Gasteiger partial charge in [-0.15, -0.1) is 0 Å². The van der Waals surface area contributed by atoms with Gasteiger partial charge >= 0.3 is 5.97 Å². The van der Waals surface area contributed by atoms with Gasteiger partial charge in [-0.1, -0.05) is 11.6 Å². The highest BCUT2D eigenvalue weighted by molar-refractivity contribution is 6.05. The number of aryl methyl sites for hydroxylation is 2. The fraction of sp³-hybridized carbons (Fsp3) is 0.263. The van der Waals surface area contributed by atoms with Crippen LogP contribution in [0.15, 0.2) is 41.1 Å². The number of nitrogens with zero attached hydrogens (tertiary/aromatic N) is 1. The number of aromatic nitrogens is 1. The number of pyridine rings is 1. The molecule has 0 radical (unpaired) electrons. The molecular weight excluding hydrogens is 304 g/mol.